The molecule has 6 aromatic carbocycles. The van der Waals surface area contributed by atoms with Crippen LogP contribution in [0.15, 0.2) is 132 Å². The molecular formula is C35H21BrClN. The molecule has 6 aromatic rings. The van der Waals surface area contributed by atoms with Gasteiger partial charge in [-0.05, 0) is 63.5 Å². The van der Waals surface area contributed by atoms with Crippen molar-refractivity contribution in [1.82, 2.24) is 0 Å². The Kier molecular flexibility index (Phi) is 4.71. The number of benzene rings is 6. The zero-order valence-corrected chi connectivity index (χ0v) is 22.7. The summed E-state index contributed by atoms with van der Waals surface area (Å²) in [5, 5.41) is 3.23. The van der Waals surface area contributed by atoms with E-state index in [2.05, 4.69) is 142 Å². The average molecular weight is 571 g/mol. The Bertz CT molecular complexity index is 1870. The summed E-state index contributed by atoms with van der Waals surface area (Å²) in [5.41, 5.74) is 10.2. The van der Waals surface area contributed by atoms with Gasteiger partial charge in [-0.1, -0.05) is 125 Å². The Labute approximate surface area is 235 Å². The predicted octanol–water partition coefficient (Wildman–Crippen LogP) is 10.4. The largest absolute Gasteiger partial charge is 0.309 e. The molecule has 0 atom stereocenters. The third-order valence-electron chi connectivity index (χ3n) is 8.18. The van der Waals surface area contributed by atoms with Gasteiger partial charge in [0.25, 0.3) is 0 Å². The van der Waals surface area contributed by atoms with E-state index in [1.54, 1.807) is 0 Å². The Morgan fingerprint density at radius 1 is 0.553 bits per heavy atom. The average Bonchev–Trinajstić information content (AvgIpc) is 3.28. The standard InChI is InChI=1S/C35H21BrClN/c36-28-20-21-29(37)34-33(28)24-13-3-4-14-25(24)35(34)26-15-5-7-17-31(26)38(32-18-8-6-16-27(32)35)30-19-9-11-22-10-1-2-12-23(22)30/h1-21H. The van der Waals surface area contributed by atoms with Gasteiger partial charge in [0, 0.05) is 20.4 Å². The van der Waals surface area contributed by atoms with Crippen LogP contribution < -0.4 is 4.90 Å². The van der Waals surface area contributed by atoms with E-state index in [9.17, 15) is 0 Å². The highest BCUT2D eigenvalue weighted by molar-refractivity contribution is 9.10. The van der Waals surface area contributed by atoms with E-state index in [-0.39, 0.29) is 0 Å². The molecule has 0 fully saturated rings. The van der Waals surface area contributed by atoms with Gasteiger partial charge in [-0.3, -0.25) is 0 Å². The summed E-state index contributed by atoms with van der Waals surface area (Å²) < 4.78 is 1.06. The zero-order chi connectivity index (χ0) is 25.4. The molecule has 0 amide bonds. The smallest absolute Gasteiger partial charge is 0.0769 e. The monoisotopic (exact) mass is 569 g/mol. The fourth-order valence-corrected chi connectivity index (χ4v) is 7.66. The summed E-state index contributed by atoms with van der Waals surface area (Å²) in [5.74, 6) is 0. The minimum Gasteiger partial charge on any atom is -0.309 e. The molecule has 0 N–H and O–H groups in total. The number of hydrogen-bond acceptors (Lipinski definition) is 1. The van der Waals surface area contributed by atoms with Crippen molar-refractivity contribution >= 4 is 55.4 Å². The molecule has 0 bridgehead atoms. The van der Waals surface area contributed by atoms with Crippen molar-refractivity contribution < 1.29 is 0 Å². The van der Waals surface area contributed by atoms with E-state index in [0.717, 1.165) is 15.1 Å². The molecule has 1 aliphatic carbocycles. The summed E-state index contributed by atoms with van der Waals surface area (Å²) in [6.07, 6.45) is 0. The maximum Gasteiger partial charge on any atom is 0.0769 e. The van der Waals surface area contributed by atoms with Crippen molar-refractivity contribution in [3.63, 3.8) is 0 Å². The number of fused-ring (bicyclic) bond motifs is 10. The number of para-hydroxylation sites is 2. The van der Waals surface area contributed by atoms with Crippen LogP contribution >= 0.6 is 27.5 Å². The fraction of sp³-hybridized carbons (Fsp3) is 0.0286. The highest BCUT2D eigenvalue weighted by Gasteiger charge is 2.53. The van der Waals surface area contributed by atoms with Crippen molar-refractivity contribution in [1.29, 1.82) is 0 Å². The first-order valence-corrected chi connectivity index (χ1v) is 13.9. The van der Waals surface area contributed by atoms with Crippen LogP contribution in [-0.4, -0.2) is 0 Å². The van der Waals surface area contributed by atoms with Crippen LogP contribution in [0.25, 0.3) is 21.9 Å². The van der Waals surface area contributed by atoms with Gasteiger partial charge in [-0.2, -0.15) is 0 Å². The lowest BCUT2D eigenvalue weighted by molar-refractivity contribution is 0.753. The van der Waals surface area contributed by atoms with Gasteiger partial charge >= 0.3 is 0 Å². The first-order chi connectivity index (χ1) is 18.7. The van der Waals surface area contributed by atoms with Crippen molar-refractivity contribution in [2.45, 2.75) is 5.41 Å². The van der Waals surface area contributed by atoms with Gasteiger partial charge in [0.05, 0.1) is 22.5 Å². The first kappa shape index (κ1) is 22.2. The van der Waals surface area contributed by atoms with Crippen molar-refractivity contribution in [3.8, 4) is 11.1 Å². The van der Waals surface area contributed by atoms with Gasteiger partial charge in [-0.15, -0.1) is 0 Å². The molecule has 2 aliphatic rings. The third kappa shape index (κ3) is 2.72. The second-order valence-electron chi connectivity index (χ2n) is 9.94. The number of hydrogen-bond donors (Lipinski definition) is 0. The maximum absolute atomic E-state index is 7.18. The SMILES string of the molecule is Clc1ccc(Br)c2c1C1(c3ccccc3-2)c2ccccc2N(c2cccc3ccccc23)c2ccccc21. The summed E-state index contributed by atoms with van der Waals surface area (Å²) in [6.45, 7) is 0. The van der Waals surface area contributed by atoms with Crippen LogP contribution in [0.4, 0.5) is 17.1 Å². The van der Waals surface area contributed by atoms with Gasteiger partial charge in [0.2, 0.25) is 0 Å². The lowest BCUT2D eigenvalue weighted by Crippen LogP contribution is -2.36. The molecule has 1 heterocycles. The summed E-state index contributed by atoms with van der Waals surface area (Å²) >= 11 is 11.1. The quantitative estimate of drug-likeness (QED) is 0.190. The molecule has 0 unspecified atom stereocenters. The van der Waals surface area contributed by atoms with Crippen molar-refractivity contribution in [2.75, 3.05) is 4.90 Å². The predicted molar refractivity (Wildman–Crippen MR) is 162 cm³/mol. The molecule has 0 aromatic heterocycles. The Balaban J connectivity index is 1.56. The molecule has 38 heavy (non-hydrogen) atoms. The summed E-state index contributed by atoms with van der Waals surface area (Å²) in [4.78, 5) is 2.44. The van der Waals surface area contributed by atoms with E-state index < -0.39 is 5.41 Å². The Morgan fingerprint density at radius 2 is 1.13 bits per heavy atom. The molecule has 1 nitrogen and oxygen atoms in total. The molecule has 180 valence electrons. The highest BCUT2D eigenvalue weighted by Crippen LogP contribution is 2.65. The summed E-state index contributed by atoms with van der Waals surface area (Å²) in [6, 6.07) is 45.7. The van der Waals surface area contributed by atoms with Crippen LogP contribution in [-0.2, 0) is 5.41 Å². The van der Waals surface area contributed by atoms with E-state index in [0.29, 0.717) is 0 Å². The molecule has 8 rings (SSSR count). The van der Waals surface area contributed by atoms with Gasteiger partial charge < -0.3 is 4.90 Å². The number of rotatable bonds is 1. The molecule has 1 spiro atoms. The van der Waals surface area contributed by atoms with Crippen LogP contribution in [0.3, 0.4) is 0 Å². The first-order valence-electron chi connectivity index (χ1n) is 12.8. The number of anilines is 3. The van der Waals surface area contributed by atoms with E-state index in [4.69, 9.17) is 11.6 Å². The maximum atomic E-state index is 7.18. The van der Waals surface area contributed by atoms with Crippen LogP contribution in [0, 0.1) is 0 Å². The lowest BCUT2D eigenvalue weighted by Gasteiger charge is -2.45. The molecule has 1 aliphatic heterocycles. The molecule has 0 saturated heterocycles. The molecule has 0 saturated carbocycles. The summed E-state index contributed by atoms with van der Waals surface area (Å²) in [7, 11) is 0. The van der Waals surface area contributed by atoms with E-state index >= 15 is 0 Å². The Morgan fingerprint density at radius 3 is 1.89 bits per heavy atom. The van der Waals surface area contributed by atoms with Gasteiger partial charge in [-0.25, -0.2) is 0 Å². The lowest BCUT2D eigenvalue weighted by atomic mass is 9.64. The van der Waals surface area contributed by atoms with Crippen LogP contribution in [0.1, 0.15) is 22.3 Å². The van der Waals surface area contributed by atoms with Crippen molar-refractivity contribution in [2.24, 2.45) is 0 Å². The third-order valence-corrected chi connectivity index (χ3v) is 9.16. The van der Waals surface area contributed by atoms with E-state index in [1.165, 1.54) is 55.7 Å². The van der Waals surface area contributed by atoms with E-state index in [1.807, 2.05) is 6.07 Å². The van der Waals surface area contributed by atoms with Crippen molar-refractivity contribution in [3.05, 3.63) is 159 Å². The molecule has 0 radical (unpaired) electrons. The number of nitrogens with zero attached hydrogens (tertiary/aromatic N) is 1. The van der Waals surface area contributed by atoms with Gasteiger partial charge in [0.1, 0.15) is 0 Å². The zero-order valence-electron chi connectivity index (χ0n) is 20.3. The minimum atomic E-state index is -0.541. The van der Waals surface area contributed by atoms with Crippen LogP contribution in [0.2, 0.25) is 5.02 Å². The highest BCUT2D eigenvalue weighted by atomic mass is 79.9. The fourth-order valence-electron chi connectivity index (χ4n) is 6.81. The normalized spacial score (nSPS) is 14.2. The number of halogens is 2. The molecular weight excluding hydrogens is 550 g/mol. The molecule has 3 heteroatoms. The van der Waals surface area contributed by atoms with Crippen LogP contribution in [0.5, 0.6) is 0 Å². The topological polar surface area (TPSA) is 3.24 Å². The second kappa shape index (κ2) is 8.07. The minimum absolute atomic E-state index is 0.541. The van der Waals surface area contributed by atoms with Gasteiger partial charge in [0.15, 0.2) is 0 Å². The second-order valence-corrected chi connectivity index (χ2v) is 11.2. The Hall–Kier alpha value is -3.85.